The molecular weight excluding hydrogens is 256 g/mol. The van der Waals surface area contributed by atoms with E-state index in [0.717, 1.165) is 30.0 Å². The Balaban J connectivity index is 2.04. The van der Waals surface area contributed by atoms with Crippen molar-refractivity contribution in [2.24, 2.45) is 7.05 Å². The standard InChI is InChI=1S/C14H24N4O2/c1-10-12(11(2)18(3)17-10)9-16-13(19)14(20-4)5-7-15-8-6-14/h15H,5-9H2,1-4H3,(H,16,19). The summed E-state index contributed by atoms with van der Waals surface area (Å²) in [6.45, 7) is 6.10. The second kappa shape index (κ2) is 5.93. The van der Waals surface area contributed by atoms with E-state index in [4.69, 9.17) is 4.74 Å². The van der Waals surface area contributed by atoms with Crippen LogP contribution in [0.1, 0.15) is 29.8 Å². The van der Waals surface area contributed by atoms with Crippen molar-refractivity contribution < 1.29 is 9.53 Å². The van der Waals surface area contributed by atoms with Gasteiger partial charge in [0.2, 0.25) is 0 Å². The Labute approximate surface area is 119 Å². The van der Waals surface area contributed by atoms with Crippen LogP contribution >= 0.6 is 0 Å². The summed E-state index contributed by atoms with van der Waals surface area (Å²) in [5.41, 5.74) is 2.44. The number of piperidine rings is 1. The molecule has 6 heteroatoms. The topological polar surface area (TPSA) is 68.2 Å². The van der Waals surface area contributed by atoms with Gasteiger partial charge in [-0.25, -0.2) is 0 Å². The fourth-order valence-electron chi connectivity index (χ4n) is 2.76. The lowest BCUT2D eigenvalue weighted by atomic mass is 9.91. The number of rotatable bonds is 4. The smallest absolute Gasteiger partial charge is 0.252 e. The van der Waals surface area contributed by atoms with Crippen LogP contribution in [0, 0.1) is 13.8 Å². The van der Waals surface area contributed by atoms with Gasteiger partial charge in [0.05, 0.1) is 5.69 Å². The molecule has 0 spiro atoms. The number of amides is 1. The minimum atomic E-state index is -0.685. The highest BCUT2D eigenvalue weighted by Crippen LogP contribution is 2.23. The molecule has 1 amide bonds. The number of aryl methyl sites for hydroxylation is 2. The third kappa shape index (κ3) is 2.71. The third-order valence-electron chi connectivity index (χ3n) is 4.30. The van der Waals surface area contributed by atoms with Crippen molar-refractivity contribution in [2.45, 2.75) is 38.8 Å². The molecule has 1 aromatic rings. The molecule has 0 aliphatic carbocycles. The van der Waals surface area contributed by atoms with Gasteiger partial charge in [-0.15, -0.1) is 0 Å². The molecule has 1 fully saturated rings. The van der Waals surface area contributed by atoms with Crippen LogP contribution in [-0.4, -0.2) is 41.5 Å². The lowest BCUT2D eigenvalue weighted by Crippen LogP contribution is -2.54. The molecule has 2 N–H and O–H groups in total. The summed E-state index contributed by atoms with van der Waals surface area (Å²) in [5, 5.41) is 10.6. The predicted molar refractivity (Wildman–Crippen MR) is 76.4 cm³/mol. The van der Waals surface area contributed by atoms with Gasteiger partial charge in [0.25, 0.3) is 5.91 Å². The Hall–Kier alpha value is -1.40. The summed E-state index contributed by atoms with van der Waals surface area (Å²) >= 11 is 0. The highest BCUT2D eigenvalue weighted by molar-refractivity contribution is 5.85. The number of ether oxygens (including phenoxy) is 1. The molecule has 0 bridgehead atoms. The monoisotopic (exact) mass is 280 g/mol. The third-order valence-corrected chi connectivity index (χ3v) is 4.30. The Morgan fingerprint density at radius 2 is 2.10 bits per heavy atom. The normalized spacial score (nSPS) is 18.0. The molecule has 0 unspecified atom stereocenters. The number of carbonyl (C=O) groups is 1. The van der Waals surface area contributed by atoms with Crippen LogP contribution in [0.15, 0.2) is 0 Å². The van der Waals surface area contributed by atoms with E-state index in [1.165, 1.54) is 0 Å². The average Bonchev–Trinajstić information content (AvgIpc) is 2.70. The Morgan fingerprint density at radius 3 is 2.60 bits per heavy atom. The van der Waals surface area contributed by atoms with E-state index < -0.39 is 5.60 Å². The summed E-state index contributed by atoms with van der Waals surface area (Å²) in [6, 6.07) is 0. The number of nitrogens with one attached hydrogen (secondary N) is 2. The van der Waals surface area contributed by atoms with Crippen LogP contribution in [0.2, 0.25) is 0 Å². The highest BCUT2D eigenvalue weighted by atomic mass is 16.5. The van der Waals surface area contributed by atoms with Crippen LogP contribution in [-0.2, 0) is 23.1 Å². The van der Waals surface area contributed by atoms with E-state index in [0.29, 0.717) is 19.4 Å². The van der Waals surface area contributed by atoms with Gasteiger partial charge in [-0.2, -0.15) is 5.10 Å². The van der Waals surface area contributed by atoms with Crippen molar-refractivity contribution in [1.82, 2.24) is 20.4 Å². The van der Waals surface area contributed by atoms with Crippen molar-refractivity contribution in [3.8, 4) is 0 Å². The van der Waals surface area contributed by atoms with Crippen LogP contribution < -0.4 is 10.6 Å². The van der Waals surface area contributed by atoms with E-state index >= 15 is 0 Å². The number of methoxy groups -OCH3 is 1. The zero-order valence-corrected chi connectivity index (χ0v) is 12.7. The lowest BCUT2D eigenvalue weighted by Gasteiger charge is -2.34. The predicted octanol–water partition coefficient (Wildman–Crippen LogP) is 0.422. The van der Waals surface area contributed by atoms with Gasteiger partial charge in [0.1, 0.15) is 5.60 Å². The summed E-state index contributed by atoms with van der Waals surface area (Å²) < 4.78 is 7.36. The molecule has 0 atom stereocenters. The Morgan fingerprint density at radius 1 is 1.45 bits per heavy atom. The molecule has 0 saturated carbocycles. The zero-order valence-electron chi connectivity index (χ0n) is 12.7. The van der Waals surface area contributed by atoms with Gasteiger partial charge in [-0.1, -0.05) is 0 Å². The fourth-order valence-corrected chi connectivity index (χ4v) is 2.76. The zero-order chi connectivity index (χ0) is 14.8. The number of carbonyl (C=O) groups excluding carboxylic acids is 1. The maximum atomic E-state index is 12.5. The Bertz CT molecular complexity index is 490. The van der Waals surface area contributed by atoms with Crippen LogP contribution in [0.3, 0.4) is 0 Å². The quantitative estimate of drug-likeness (QED) is 0.839. The van der Waals surface area contributed by atoms with E-state index in [1.807, 2.05) is 25.6 Å². The van der Waals surface area contributed by atoms with Crippen molar-refractivity contribution in [1.29, 1.82) is 0 Å². The maximum absolute atomic E-state index is 12.5. The first-order valence-electron chi connectivity index (χ1n) is 7.03. The lowest BCUT2D eigenvalue weighted by molar-refractivity contribution is -0.146. The molecule has 1 saturated heterocycles. The molecular formula is C14H24N4O2. The average molecular weight is 280 g/mol. The van der Waals surface area contributed by atoms with Gasteiger partial charge < -0.3 is 15.4 Å². The highest BCUT2D eigenvalue weighted by Gasteiger charge is 2.39. The number of aromatic nitrogens is 2. The minimum absolute atomic E-state index is 0.0239. The van der Waals surface area contributed by atoms with Crippen molar-refractivity contribution in [3.05, 3.63) is 17.0 Å². The second-order valence-electron chi connectivity index (χ2n) is 5.40. The molecule has 0 radical (unpaired) electrons. The van der Waals surface area contributed by atoms with E-state index in [9.17, 15) is 4.79 Å². The van der Waals surface area contributed by atoms with Gasteiger partial charge in [-0.05, 0) is 39.8 Å². The molecule has 2 rings (SSSR count). The summed E-state index contributed by atoms with van der Waals surface area (Å²) in [4.78, 5) is 12.5. The summed E-state index contributed by atoms with van der Waals surface area (Å²) in [6.07, 6.45) is 1.42. The van der Waals surface area contributed by atoms with E-state index in [1.54, 1.807) is 7.11 Å². The number of nitrogens with zero attached hydrogens (tertiary/aromatic N) is 2. The molecule has 1 aliphatic rings. The molecule has 0 aromatic carbocycles. The number of hydrogen-bond donors (Lipinski definition) is 2. The summed E-state index contributed by atoms with van der Waals surface area (Å²) in [5.74, 6) is -0.0239. The molecule has 20 heavy (non-hydrogen) atoms. The molecule has 1 aliphatic heterocycles. The first-order valence-corrected chi connectivity index (χ1v) is 7.03. The largest absolute Gasteiger partial charge is 0.368 e. The fraction of sp³-hybridized carbons (Fsp3) is 0.714. The molecule has 6 nitrogen and oxygen atoms in total. The van der Waals surface area contributed by atoms with Crippen LogP contribution in [0.25, 0.3) is 0 Å². The minimum Gasteiger partial charge on any atom is -0.368 e. The second-order valence-corrected chi connectivity index (χ2v) is 5.40. The first-order chi connectivity index (χ1) is 9.50. The van der Waals surface area contributed by atoms with Crippen molar-refractivity contribution in [2.75, 3.05) is 20.2 Å². The van der Waals surface area contributed by atoms with Crippen molar-refractivity contribution >= 4 is 5.91 Å². The maximum Gasteiger partial charge on any atom is 0.252 e. The summed E-state index contributed by atoms with van der Waals surface area (Å²) in [7, 11) is 3.53. The first kappa shape index (κ1) is 15.0. The van der Waals surface area contributed by atoms with Crippen LogP contribution in [0.4, 0.5) is 0 Å². The molecule has 1 aromatic heterocycles. The Kier molecular flexibility index (Phi) is 4.45. The van der Waals surface area contributed by atoms with Gasteiger partial charge in [0.15, 0.2) is 0 Å². The van der Waals surface area contributed by atoms with Gasteiger partial charge in [0, 0.05) is 32.0 Å². The molecule has 2 heterocycles. The number of hydrogen-bond acceptors (Lipinski definition) is 4. The van der Waals surface area contributed by atoms with E-state index in [2.05, 4.69) is 15.7 Å². The van der Waals surface area contributed by atoms with Gasteiger partial charge >= 0.3 is 0 Å². The molecule has 112 valence electrons. The van der Waals surface area contributed by atoms with Crippen molar-refractivity contribution in [3.63, 3.8) is 0 Å². The van der Waals surface area contributed by atoms with E-state index in [-0.39, 0.29) is 5.91 Å². The van der Waals surface area contributed by atoms with Gasteiger partial charge in [-0.3, -0.25) is 9.48 Å². The SMILES string of the molecule is COC1(C(=O)NCc2c(C)nn(C)c2C)CCNCC1. The van der Waals surface area contributed by atoms with Crippen LogP contribution in [0.5, 0.6) is 0 Å².